The van der Waals surface area contributed by atoms with Crippen LogP contribution in [0.5, 0.6) is 0 Å². The quantitative estimate of drug-likeness (QED) is 0.478. The molecule has 0 amide bonds. The first-order chi connectivity index (χ1) is 8.80. The van der Waals surface area contributed by atoms with Crippen molar-refractivity contribution in [1.82, 2.24) is 0 Å². The molecule has 0 aromatic carbocycles. The molecule has 0 unspecified atom stereocenters. The number of hydrogen-bond donors (Lipinski definition) is 0. The first-order valence-corrected chi connectivity index (χ1v) is 9.58. The van der Waals surface area contributed by atoms with Crippen molar-refractivity contribution in [1.29, 1.82) is 0 Å². The van der Waals surface area contributed by atoms with Gasteiger partial charge < -0.3 is 0 Å². The topological polar surface area (TPSA) is 0 Å². The number of allylic oxidation sites excluding steroid dienone is 2. The molecule has 0 heterocycles. The molecule has 0 nitrogen and oxygen atoms in total. The van der Waals surface area contributed by atoms with Gasteiger partial charge in [-0.2, -0.15) is 0 Å². The summed E-state index contributed by atoms with van der Waals surface area (Å²) < 4.78 is 2.91. The minimum absolute atomic E-state index is 0. The second kappa shape index (κ2) is 14.4. The second-order valence-corrected chi connectivity index (χ2v) is 7.66. The van der Waals surface area contributed by atoms with E-state index in [4.69, 9.17) is 0 Å². The summed E-state index contributed by atoms with van der Waals surface area (Å²) in [7, 11) is 0. The minimum Gasteiger partial charge on any atom is 2.00 e. The SMILES string of the molecule is C1CCCC1.C1CCCC1.[Se]C1=C([Se])CCCC1.[Ti+2]. The average molecular weight is 426 g/mol. The standard InChI is InChI=1S/C6H8Se2.2C5H10.Ti/c7-5-3-1-2-4-6(5)8;2*1-2-4-5-3-1;/h1-4H2;2*1-5H2;/q;;;+2. The van der Waals surface area contributed by atoms with Gasteiger partial charge in [0.05, 0.1) is 0 Å². The van der Waals surface area contributed by atoms with E-state index in [0.717, 1.165) is 0 Å². The third kappa shape index (κ3) is 11.8. The predicted octanol–water partition coefficient (Wildman–Crippen LogP) is 5.01. The summed E-state index contributed by atoms with van der Waals surface area (Å²) in [4.78, 5) is 0. The molecule has 2 fully saturated rings. The molecule has 0 aliphatic heterocycles. The molecule has 0 spiro atoms. The summed E-state index contributed by atoms with van der Waals surface area (Å²) in [5.74, 6) is 0. The third-order valence-electron chi connectivity index (χ3n) is 3.87. The van der Waals surface area contributed by atoms with Crippen LogP contribution in [0.15, 0.2) is 8.94 Å². The van der Waals surface area contributed by atoms with E-state index in [0.29, 0.717) is 0 Å². The van der Waals surface area contributed by atoms with Crippen LogP contribution in [0.3, 0.4) is 0 Å². The zero-order chi connectivity index (χ0) is 13.1. The van der Waals surface area contributed by atoms with Gasteiger partial charge in [0.2, 0.25) is 0 Å². The molecule has 0 aromatic rings. The van der Waals surface area contributed by atoms with Crippen LogP contribution in [-0.4, -0.2) is 32.0 Å². The van der Waals surface area contributed by atoms with Gasteiger partial charge in [-0.15, -0.1) is 0 Å². The molecule has 0 saturated heterocycles. The van der Waals surface area contributed by atoms with Crippen molar-refractivity contribution in [3.8, 4) is 0 Å². The number of rotatable bonds is 0. The zero-order valence-corrected chi connectivity index (χ0v) is 17.2. The van der Waals surface area contributed by atoms with E-state index in [-0.39, 0.29) is 21.7 Å². The summed E-state index contributed by atoms with van der Waals surface area (Å²) in [6.07, 6.45) is 20.3. The van der Waals surface area contributed by atoms with Crippen molar-refractivity contribution in [2.75, 3.05) is 0 Å². The van der Waals surface area contributed by atoms with Crippen molar-refractivity contribution in [2.24, 2.45) is 0 Å². The van der Waals surface area contributed by atoms with Crippen molar-refractivity contribution in [3.63, 3.8) is 0 Å². The van der Waals surface area contributed by atoms with Crippen LogP contribution < -0.4 is 0 Å². The Morgan fingerprint density at radius 1 is 0.421 bits per heavy atom. The van der Waals surface area contributed by atoms with Gasteiger partial charge in [0, 0.05) is 0 Å². The van der Waals surface area contributed by atoms with E-state index < -0.39 is 0 Å². The molecular formula is C16H28Se2Ti+2. The van der Waals surface area contributed by atoms with Crippen LogP contribution in [0, 0.1) is 0 Å². The molecule has 2 saturated carbocycles. The van der Waals surface area contributed by atoms with E-state index in [1.807, 2.05) is 0 Å². The summed E-state index contributed by atoms with van der Waals surface area (Å²) in [5, 5.41) is 0. The van der Waals surface area contributed by atoms with Gasteiger partial charge in [0.25, 0.3) is 0 Å². The van der Waals surface area contributed by atoms with Crippen LogP contribution in [0.2, 0.25) is 0 Å². The Morgan fingerprint density at radius 2 is 0.632 bits per heavy atom. The number of hydrogen-bond acceptors (Lipinski definition) is 0. The molecule has 19 heavy (non-hydrogen) atoms. The Kier molecular flexibility index (Phi) is 15.6. The Balaban J connectivity index is 0.000000259. The molecule has 0 bridgehead atoms. The maximum absolute atomic E-state index is 3.08. The van der Waals surface area contributed by atoms with Crippen molar-refractivity contribution in [2.45, 2.75) is 89.9 Å². The smallest absolute Gasteiger partial charge is 2.00 e. The van der Waals surface area contributed by atoms with Gasteiger partial charge >= 0.3 is 88.4 Å². The zero-order valence-electron chi connectivity index (χ0n) is 12.2. The maximum Gasteiger partial charge on any atom is 2.00 e. The van der Waals surface area contributed by atoms with E-state index >= 15 is 0 Å². The molecule has 106 valence electrons. The molecule has 3 rings (SSSR count). The van der Waals surface area contributed by atoms with Gasteiger partial charge in [-0.3, -0.25) is 0 Å². The van der Waals surface area contributed by atoms with E-state index in [1.54, 1.807) is 0 Å². The Bertz CT molecular complexity index is 192. The normalized spacial score (nSPS) is 21.7. The average Bonchev–Trinajstić information content (AvgIpc) is 3.11. The minimum atomic E-state index is 0. The third-order valence-corrected chi connectivity index (χ3v) is 6.41. The van der Waals surface area contributed by atoms with E-state index in [9.17, 15) is 0 Å². The Morgan fingerprint density at radius 3 is 0.789 bits per heavy atom. The van der Waals surface area contributed by atoms with E-state index in [1.165, 1.54) is 98.8 Å². The molecule has 0 N–H and O–H groups in total. The van der Waals surface area contributed by atoms with Gasteiger partial charge in [-0.25, -0.2) is 0 Å². The monoisotopic (exact) mass is 428 g/mol. The van der Waals surface area contributed by atoms with Crippen molar-refractivity contribution < 1.29 is 21.7 Å². The fraction of sp³-hybridized carbons (Fsp3) is 0.875. The molecule has 3 aliphatic carbocycles. The van der Waals surface area contributed by atoms with Gasteiger partial charge in [-0.05, 0) is 0 Å². The Hall–Kier alpha value is 1.49. The van der Waals surface area contributed by atoms with Crippen LogP contribution in [0.1, 0.15) is 89.9 Å². The summed E-state index contributed by atoms with van der Waals surface area (Å²) in [6.45, 7) is 0. The largest absolute Gasteiger partial charge is 2.00 e. The fourth-order valence-electron chi connectivity index (χ4n) is 2.62. The maximum atomic E-state index is 3.08. The molecule has 2 radical (unpaired) electrons. The fourth-order valence-corrected chi connectivity index (χ4v) is 3.65. The van der Waals surface area contributed by atoms with Crippen molar-refractivity contribution >= 4 is 32.0 Å². The van der Waals surface area contributed by atoms with Gasteiger partial charge in [0.1, 0.15) is 0 Å². The first-order valence-electron chi connectivity index (χ1n) is 7.87. The van der Waals surface area contributed by atoms with Crippen LogP contribution in [0.4, 0.5) is 0 Å². The van der Waals surface area contributed by atoms with E-state index in [2.05, 4.69) is 32.0 Å². The van der Waals surface area contributed by atoms with Crippen molar-refractivity contribution in [3.05, 3.63) is 8.94 Å². The first kappa shape index (κ1) is 20.5. The summed E-state index contributed by atoms with van der Waals surface area (Å²) in [6, 6.07) is 0. The summed E-state index contributed by atoms with van der Waals surface area (Å²) in [5.41, 5.74) is 0. The molecular weight excluding hydrogens is 398 g/mol. The summed E-state index contributed by atoms with van der Waals surface area (Å²) >= 11 is 6.15. The Labute approximate surface area is 151 Å². The molecule has 0 atom stereocenters. The van der Waals surface area contributed by atoms with Gasteiger partial charge in [0.15, 0.2) is 0 Å². The van der Waals surface area contributed by atoms with Gasteiger partial charge in [-0.1, -0.05) is 64.2 Å². The second-order valence-electron chi connectivity index (χ2n) is 5.59. The van der Waals surface area contributed by atoms with Crippen LogP contribution >= 0.6 is 0 Å². The molecule has 3 aliphatic rings. The molecule has 0 aromatic heterocycles. The predicted molar refractivity (Wildman–Crippen MR) is 83.2 cm³/mol. The van der Waals surface area contributed by atoms with Crippen LogP contribution in [0.25, 0.3) is 0 Å². The van der Waals surface area contributed by atoms with Crippen LogP contribution in [-0.2, 0) is 21.7 Å². The molecule has 3 heteroatoms.